The molecular weight excluding hydrogens is 372 g/mol. The summed E-state index contributed by atoms with van der Waals surface area (Å²) in [7, 11) is 0. The molecule has 1 aliphatic rings. The largest absolute Gasteiger partial charge is 0.372 e. The lowest BCUT2D eigenvalue weighted by Crippen LogP contribution is -2.32. The van der Waals surface area contributed by atoms with Crippen molar-refractivity contribution in [3.63, 3.8) is 0 Å². The van der Waals surface area contributed by atoms with Gasteiger partial charge in [0, 0.05) is 43.3 Å². The molecule has 5 heteroatoms. The molecule has 0 aliphatic carbocycles. The van der Waals surface area contributed by atoms with E-state index >= 15 is 0 Å². The topological polar surface area (TPSA) is 50.2 Å². The van der Waals surface area contributed by atoms with Crippen molar-refractivity contribution in [3.8, 4) is 0 Å². The predicted octanol–water partition coefficient (Wildman–Crippen LogP) is 4.66. The maximum Gasteiger partial charge on any atom is 0.251 e. The van der Waals surface area contributed by atoms with Crippen LogP contribution < -0.4 is 10.2 Å². The Hall–Kier alpha value is -3.08. The van der Waals surface area contributed by atoms with E-state index in [0.29, 0.717) is 5.56 Å². The Kier molecular flexibility index (Phi) is 6.17. The molecule has 2 heterocycles. The second-order valence-corrected chi connectivity index (χ2v) is 8.39. The monoisotopic (exact) mass is 402 g/mol. The van der Waals surface area contributed by atoms with Crippen LogP contribution in [0.15, 0.2) is 67.3 Å². The van der Waals surface area contributed by atoms with Crippen molar-refractivity contribution in [3.05, 3.63) is 83.9 Å². The summed E-state index contributed by atoms with van der Waals surface area (Å²) in [6.07, 6.45) is 8.01. The first-order valence-corrected chi connectivity index (χ1v) is 10.8. The van der Waals surface area contributed by atoms with E-state index in [1.807, 2.05) is 42.0 Å². The molecule has 0 radical (unpaired) electrons. The minimum absolute atomic E-state index is 0.0430. The molecule has 1 N–H and O–H groups in total. The van der Waals surface area contributed by atoms with Crippen LogP contribution in [0.1, 0.15) is 54.2 Å². The number of carbonyl (C=O) groups excluding carboxylic acids is 1. The van der Waals surface area contributed by atoms with Gasteiger partial charge < -0.3 is 14.8 Å². The average Bonchev–Trinajstić information content (AvgIpc) is 3.28. The van der Waals surface area contributed by atoms with Crippen molar-refractivity contribution in [2.45, 2.75) is 39.3 Å². The number of amides is 1. The van der Waals surface area contributed by atoms with Crippen molar-refractivity contribution in [2.75, 3.05) is 18.0 Å². The fraction of sp³-hybridized carbons (Fsp3) is 0.360. The summed E-state index contributed by atoms with van der Waals surface area (Å²) in [4.78, 5) is 19.2. The van der Waals surface area contributed by atoms with Crippen molar-refractivity contribution >= 4 is 11.6 Å². The quantitative estimate of drug-likeness (QED) is 0.652. The van der Waals surface area contributed by atoms with E-state index in [1.165, 1.54) is 18.5 Å². The fourth-order valence-electron chi connectivity index (χ4n) is 3.96. The van der Waals surface area contributed by atoms with Crippen LogP contribution in [0.3, 0.4) is 0 Å². The first-order chi connectivity index (χ1) is 14.6. The summed E-state index contributed by atoms with van der Waals surface area (Å²) in [6, 6.07) is 16.3. The Balaban J connectivity index is 1.33. The van der Waals surface area contributed by atoms with Gasteiger partial charge in [0.2, 0.25) is 0 Å². The molecular formula is C25H30N4O. The number of anilines is 1. The number of benzene rings is 2. The molecule has 1 amide bonds. The summed E-state index contributed by atoms with van der Waals surface area (Å²) in [5.41, 5.74) is 4.21. The van der Waals surface area contributed by atoms with Crippen LogP contribution in [0.5, 0.6) is 0 Å². The maximum absolute atomic E-state index is 12.7. The lowest BCUT2D eigenvalue weighted by Gasteiger charge is -2.32. The van der Waals surface area contributed by atoms with E-state index in [-0.39, 0.29) is 11.9 Å². The Morgan fingerprint density at radius 2 is 1.80 bits per heavy atom. The van der Waals surface area contributed by atoms with Crippen LogP contribution in [0, 0.1) is 5.92 Å². The van der Waals surface area contributed by atoms with Crippen molar-refractivity contribution < 1.29 is 4.79 Å². The average molecular weight is 403 g/mol. The van der Waals surface area contributed by atoms with Gasteiger partial charge in [-0.05, 0) is 61.1 Å². The third-order valence-electron chi connectivity index (χ3n) is 6.03. The molecule has 0 spiro atoms. The molecule has 156 valence electrons. The third-order valence-corrected chi connectivity index (χ3v) is 6.03. The van der Waals surface area contributed by atoms with E-state index in [2.05, 4.69) is 46.4 Å². The second-order valence-electron chi connectivity index (χ2n) is 8.39. The summed E-state index contributed by atoms with van der Waals surface area (Å²) in [5.74, 6) is 0.779. The highest BCUT2D eigenvalue weighted by atomic mass is 16.1. The molecule has 0 saturated carbocycles. The van der Waals surface area contributed by atoms with Crippen molar-refractivity contribution in [2.24, 2.45) is 5.92 Å². The Morgan fingerprint density at radius 1 is 1.10 bits per heavy atom. The number of piperidine rings is 1. The Labute approximate surface area is 178 Å². The van der Waals surface area contributed by atoms with Crippen molar-refractivity contribution in [1.82, 2.24) is 14.9 Å². The van der Waals surface area contributed by atoms with Gasteiger partial charge in [-0.1, -0.05) is 31.2 Å². The molecule has 30 heavy (non-hydrogen) atoms. The van der Waals surface area contributed by atoms with Crippen molar-refractivity contribution in [1.29, 1.82) is 0 Å². The van der Waals surface area contributed by atoms with Gasteiger partial charge in [0.1, 0.15) is 0 Å². The molecule has 5 nitrogen and oxygen atoms in total. The standard InChI is InChI=1S/C25H30N4O/c1-19-11-14-29(15-12-19)24-9-7-22(8-10-24)20(2)27-25(30)23-5-3-21(4-6-23)17-28-16-13-26-18-28/h3-10,13,16,18-20H,11-12,14-15,17H2,1-2H3,(H,27,30). The van der Waals surface area contributed by atoms with Crippen LogP contribution in [-0.2, 0) is 6.54 Å². The third kappa shape index (κ3) is 4.90. The van der Waals surface area contributed by atoms with Gasteiger partial charge in [-0.2, -0.15) is 0 Å². The maximum atomic E-state index is 12.7. The highest BCUT2D eigenvalue weighted by Gasteiger charge is 2.17. The summed E-state index contributed by atoms with van der Waals surface area (Å²) >= 11 is 0. The van der Waals surface area contributed by atoms with Crippen LogP contribution in [0.4, 0.5) is 5.69 Å². The normalized spacial score (nSPS) is 15.7. The van der Waals surface area contributed by atoms with E-state index in [9.17, 15) is 4.79 Å². The predicted molar refractivity (Wildman–Crippen MR) is 121 cm³/mol. The Morgan fingerprint density at radius 3 is 2.43 bits per heavy atom. The van der Waals surface area contributed by atoms with Crippen LogP contribution in [0.25, 0.3) is 0 Å². The second kappa shape index (κ2) is 9.16. The number of nitrogens with zero attached hydrogens (tertiary/aromatic N) is 3. The highest BCUT2D eigenvalue weighted by Crippen LogP contribution is 2.24. The molecule has 2 aromatic carbocycles. The molecule has 1 aromatic heterocycles. The highest BCUT2D eigenvalue weighted by molar-refractivity contribution is 5.94. The molecule has 0 bridgehead atoms. The van der Waals surface area contributed by atoms with Gasteiger partial charge >= 0.3 is 0 Å². The summed E-state index contributed by atoms with van der Waals surface area (Å²) < 4.78 is 2.01. The van der Waals surface area contributed by atoms with E-state index in [0.717, 1.165) is 36.7 Å². The zero-order valence-electron chi connectivity index (χ0n) is 17.8. The molecule has 4 rings (SSSR count). The lowest BCUT2D eigenvalue weighted by atomic mass is 9.98. The van der Waals surface area contributed by atoms with Gasteiger partial charge in [-0.25, -0.2) is 4.98 Å². The van der Waals surface area contributed by atoms with Gasteiger partial charge in [0.25, 0.3) is 5.91 Å². The van der Waals surface area contributed by atoms with Gasteiger partial charge in [-0.3, -0.25) is 4.79 Å². The minimum atomic E-state index is -0.0502. The molecule has 3 aromatic rings. The van der Waals surface area contributed by atoms with Crippen LogP contribution >= 0.6 is 0 Å². The number of hydrogen-bond donors (Lipinski definition) is 1. The zero-order valence-corrected chi connectivity index (χ0v) is 17.8. The molecule has 1 fully saturated rings. The number of nitrogens with one attached hydrogen (secondary N) is 1. The molecule has 1 atom stereocenters. The SMILES string of the molecule is CC1CCN(c2ccc(C(C)NC(=O)c3ccc(Cn4ccnc4)cc3)cc2)CC1. The molecule has 1 unspecified atom stereocenters. The van der Waals surface area contributed by atoms with Crippen LogP contribution in [-0.4, -0.2) is 28.5 Å². The number of aromatic nitrogens is 2. The first kappa shape index (κ1) is 20.2. The van der Waals surface area contributed by atoms with E-state index < -0.39 is 0 Å². The van der Waals surface area contributed by atoms with E-state index in [1.54, 1.807) is 12.5 Å². The minimum Gasteiger partial charge on any atom is -0.372 e. The zero-order chi connectivity index (χ0) is 20.9. The fourth-order valence-corrected chi connectivity index (χ4v) is 3.96. The summed E-state index contributed by atoms with van der Waals surface area (Å²) in [6.45, 7) is 7.37. The molecule has 1 aliphatic heterocycles. The van der Waals surface area contributed by atoms with Gasteiger partial charge in [0.15, 0.2) is 0 Å². The number of hydrogen-bond acceptors (Lipinski definition) is 3. The van der Waals surface area contributed by atoms with E-state index in [4.69, 9.17) is 0 Å². The van der Waals surface area contributed by atoms with Crippen LogP contribution in [0.2, 0.25) is 0 Å². The van der Waals surface area contributed by atoms with Gasteiger partial charge in [-0.15, -0.1) is 0 Å². The first-order valence-electron chi connectivity index (χ1n) is 10.8. The molecule has 1 saturated heterocycles. The smallest absolute Gasteiger partial charge is 0.251 e. The summed E-state index contributed by atoms with van der Waals surface area (Å²) in [5, 5.41) is 3.11. The Bertz CT molecular complexity index is 940. The van der Waals surface area contributed by atoms with Gasteiger partial charge in [0.05, 0.1) is 12.4 Å². The number of carbonyl (C=O) groups is 1. The number of imidazole rings is 1. The number of rotatable bonds is 6. The lowest BCUT2D eigenvalue weighted by molar-refractivity contribution is 0.0940.